The van der Waals surface area contributed by atoms with E-state index >= 15 is 0 Å². The summed E-state index contributed by atoms with van der Waals surface area (Å²) in [6, 6.07) is 8.68. The smallest absolute Gasteiger partial charge is 0.267 e. The highest BCUT2D eigenvalue weighted by Gasteiger charge is 2.27. The van der Waals surface area contributed by atoms with Crippen LogP contribution in [0.5, 0.6) is 11.5 Å². The average Bonchev–Trinajstić information content (AvgIpc) is 2.73. The van der Waals surface area contributed by atoms with E-state index in [0.717, 1.165) is 6.07 Å². The molecule has 0 aromatic heterocycles. The summed E-state index contributed by atoms with van der Waals surface area (Å²) in [5, 5.41) is 15.6. The molecule has 7 nitrogen and oxygen atoms in total. The van der Waals surface area contributed by atoms with Crippen molar-refractivity contribution in [3.8, 4) is 11.5 Å². The zero-order valence-corrected chi connectivity index (χ0v) is 17.7. The van der Waals surface area contributed by atoms with Crippen LogP contribution in [0.4, 0.5) is 4.39 Å². The second-order valence-electron chi connectivity index (χ2n) is 6.77. The molecule has 2 aromatic rings. The van der Waals surface area contributed by atoms with Crippen molar-refractivity contribution >= 4 is 35.0 Å². The number of benzene rings is 2. The minimum absolute atomic E-state index is 0.0661. The third kappa shape index (κ3) is 6.10. The number of carbonyl (C=O) groups excluding carboxylic acids is 2. The van der Waals surface area contributed by atoms with Crippen LogP contribution >= 0.6 is 23.2 Å². The minimum Gasteiger partial charge on any atom is -0.488 e. The predicted octanol–water partition coefficient (Wildman–Crippen LogP) is 3.14. The molecule has 10 heteroatoms. The molecule has 1 aliphatic heterocycles. The van der Waals surface area contributed by atoms with Gasteiger partial charge in [0.2, 0.25) is 0 Å². The number of halogens is 3. The number of amides is 2. The summed E-state index contributed by atoms with van der Waals surface area (Å²) >= 11 is 11.5. The Hall–Kier alpha value is -2.81. The van der Waals surface area contributed by atoms with E-state index in [2.05, 4.69) is 17.2 Å². The highest BCUT2D eigenvalue weighted by atomic mass is 35.5. The summed E-state index contributed by atoms with van der Waals surface area (Å²) in [7, 11) is 0. The molecule has 0 spiro atoms. The number of rotatable bonds is 7. The van der Waals surface area contributed by atoms with Crippen LogP contribution in [-0.2, 0) is 9.59 Å². The van der Waals surface area contributed by atoms with E-state index in [9.17, 15) is 19.1 Å². The van der Waals surface area contributed by atoms with E-state index < -0.39 is 36.4 Å². The maximum absolute atomic E-state index is 13.4. The zero-order chi connectivity index (χ0) is 22.5. The molecule has 0 unspecified atom stereocenters. The monoisotopic (exact) mass is 468 g/mol. The molecule has 0 fully saturated rings. The lowest BCUT2D eigenvalue weighted by molar-refractivity contribution is -0.125. The third-order valence-corrected chi connectivity index (χ3v) is 4.97. The number of carbonyl (C=O) groups is 2. The Morgan fingerprint density at radius 3 is 2.77 bits per heavy atom. The lowest BCUT2D eigenvalue weighted by atomic mass is 9.99. The predicted molar refractivity (Wildman–Crippen MR) is 113 cm³/mol. The molecule has 2 amide bonds. The molecule has 164 valence electrons. The Kier molecular flexibility index (Phi) is 7.37. The van der Waals surface area contributed by atoms with Crippen LogP contribution in [-0.4, -0.2) is 36.2 Å². The molecule has 2 atom stereocenters. The Labute approximate surface area is 187 Å². The van der Waals surface area contributed by atoms with E-state index in [1.165, 1.54) is 12.1 Å². The van der Waals surface area contributed by atoms with Gasteiger partial charge in [-0.15, -0.1) is 0 Å². The van der Waals surface area contributed by atoms with Gasteiger partial charge >= 0.3 is 0 Å². The van der Waals surface area contributed by atoms with Gasteiger partial charge in [0.15, 0.2) is 6.61 Å². The molecule has 0 saturated heterocycles. The Bertz CT molecular complexity index is 1020. The van der Waals surface area contributed by atoms with Crippen LogP contribution in [0.2, 0.25) is 10.0 Å². The first-order chi connectivity index (χ1) is 14.7. The highest BCUT2D eigenvalue weighted by Crippen LogP contribution is 2.36. The number of hydrogen-bond acceptors (Lipinski definition) is 5. The lowest BCUT2D eigenvalue weighted by Gasteiger charge is -2.30. The van der Waals surface area contributed by atoms with Crippen LogP contribution in [0.1, 0.15) is 18.1 Å². The van der Waals surface area contributed by atoms with Gasteiger partial charge in [-0.05, 0) is 30.3 Å². The number of fused-ring (bicyclic) bond motifs is 1. The van der Waals surface area contributed by atoms with Crippen molar-refractivity contribution in [1.82, 2.24) is 10.6 Å². The van der Waals surface area contributed by atoms with E-state index in [4.69, 9.17) is 32.7 Å². The summed E-state index contributed by atoms with van der Waals surface area (Å²) in [6.45, 7) is 3.15. The van der Waals surface area contributed by atoms with Crippen LogP contribution < -0.4 is 20.1 Å². The molecular formula is C21H19Cl2FN2O5. The molecule has 0 aliphatic carbocycles. The van der Waals surface area contributed by atoms with Gasteiger partial charge in [-0.3, -0.25) is 9.59 Å². The summed E-state index contributed by atoms with van der Waals surface area (Å²) in [4.78, 5) is 24.1. The molecule has 2 aromatic carbocycles. The molecule has 0 radical (unpaired) electrons. The zero-order valence-electron chi connectivity index (χ0n) is 16.2. The number of hydrogen-bond donors (Lipinski definition) is 3. The number of aliphatic hydroxyl groups excluding tert-OH is 1. The summed E-state index contributed by atoms with van der Waals surface area (Å²) < 4.78 is 24.3. The van der Waals surface area contributed by atoms with Crippen molar-refractivity contribution in [2.24, 2.45) is 0 Å². The summed E-state index contributed by atoms with van der Waals surface area (Å²) in [5.41, 5.74) is 0.395. The molecule has 3 rings (SSSR count). The second-order valence-corrected chi connectivity index (χ2v) is 7.62. The number of nitrogens with one attached hydrogen (secondary N) is 2. The van der Waals surface area contributed by atoms with Crippen molar-refractivity contribution in [2.75, 3.05) is 13.2 Å². The molecule has 31 heavy (non-hydrogen) atoms. The third-order valence-electron chi connectivity index (χ3n) is 4.43. The largest absolute Gasteiger partial charge is 0.488 e. The van der Waals surface area contributed by atoms with Crippen molar-refractivity contribution in [2.45, 2.75) is 18.6 Å². The van der Waals surface area contributed by atoms with Crippen molar-refractivity contribution in [3.05, 3.63) is 70.1 Å². The fourth-order valence-electron chi connectivity index (χ4n) is 2.91. The molecule has 1 aliphatic rings. The minimum atomic E-state index is -0.776. The molecule has 0 saturated carbocycles. The molecule has 1 heterocycles. The van der Waals surface area contributed by atoms with Gasteiger partial charge in [0, 0.05) is 23.1 Å². The lowest BCUT2D eigenvalue weighted by Crippen LogP contribution is -2.42. The number of aliphatic hydroxyl groups is 1. The van der Waals surface area contributed by atoms with E-state index in [0.29, 0.717) is 16.3 Å². The molecule has 3 N–H and O–H groups in total. The fraction of sp³-hybridized carbons (Fsp3) is 0.238. The standard InChI is InChI=1S/C21H19Cl2FN2O5/c1-11(26-20(28)10-30-13-3-4-16(23)17(24)7-13)21(29)25-9-14-8-18(27)15-6-12(22)2-5-19(15)31-14/h2-7,14,18,27H,1,8-10H2,(H,25,29)(H,26,28)/t14-,18-/m1/s1. The van der Waals surface area contributed by atoms with Crippen molar-refractivity contribution < 1.29 is 28.6 Å². The van der Waals surface area contributed by atoms with Crippen LogP contribution in [0.15, 0.2) is 48.7 Å². The topological polar surface area (TPSA) is 96.9 Å². The van der Waals surface area contributed by atoms with Crippen LogP contribution in [0.3, 0.4) is 0 Å². The first kappa shape index (κ1) is 22.9. The van der Waals surface area contributed by atoms with E-state index in [-0.39, 0.29) is 29.4 Å². The highest BCUT2D eigenvalue weighted by molar-refractivity contribution is 6.31. The molecule has 0 bridgehead atoms. The summed E-state index contributed by atoms with van der Waals surface area (Å²) in [6.07, 6.45) is -0.987. The second kappa shape index (κ2) is 10.00. The van der Waals surface area contributed by atoms with Gasteiger partial charge in [0.1, 0.15) is 23.4 Å². The van der Waals surface area contributed by atoms with E-state index in [1.54, 1.807) is 18.2 Å². The van der Waals surface area contributed by atoms with Gasteiger partial charge < -0.3 is 25.2 Å². The van der Waals surface area contributed by atoms with Crippen LogP contribution in [0.25, 0.3) is 0 Å². The average molecular weight is 469 g/mol. The SMILES string of the molecule is C=C(NC(=O)COc1ccc(Cl)c(F)c1)C(=O)NC[C@H]1C[C@@H](O)c2cc(Cl)ccc2O1. The quantitative estimate of drug-likeness (QED) is 0.542. The van der Waals surface area contributed by atoms with Crippen molar-refractivity contribution in [1.29, 1.82) is 0 Å². The Morgan fingerprint density at radius 1 is 1.26 bits per heavy atom. The Morgan fingerprint density at radius 2 is 2.03 bits per heavy atom. The summed E-state index contributed by atoms with van der Waals surface area (Å²) in [5.74, 6) is -1.34. The maximum Gasteiger partial charge on any atom is 0.267 e. The molecular weight excluding hydrogens is 450 g/mol. The van der Waals surface area contributed by atoms with Crippen LogP contribution in [0, 0.1) is 5.82 Å². The van der Waals surface area contributed by atoms with Gasteiger partial charge in [-0.2, -0.15) is 0 Å². The maximum atomic E-state index is 13.4. The van der Waals surface area contributed by atoms with Crippen molar-refractivity contribution in [3.63, 3.8) is 0 Å². The Balaban J connectivity index is 1.44. The van der Waals surface area contributed by atoms with Gasteiger partial charge in [0.25, 0.3) is 11.8 Å². The van der Waals surface area contributed by atoms with Gasteiger partial charge in [-0.25, -0.2) is 4.39 Å². The van der Waals surface area contributed by atoms with Gasteiger partial charge in [-0.1, -0.05) is 29.8 Å². The first-order valence-electron chi connectivity index (χ1n) is 9.22. The fourth-order valence-corrected chi connectivity index (χ4v) is 3.20. The van der Waals surface area contributed by atoms with E-state index in [1.807, 2.05) is 0 Å². The van der Waals surface area contributed by atoms with Gasteiger partial charge in [0.05, 0.1) is 23.4 Å². The normalized spacial score (nSPS) is 17.2. The number of ether oxygens (including phenoxy) is 2. The first-order valence-corrected chi connectivity index (χ1v) is 9.97.